The average Bonchev–Trinajstić information content (AvgIpc) is 2.64. The fourth-order valence-electron chi connectivity index (χ4n) is 2.59. The van der Waals surface area contributed by atoms with Crippen LogP contribution in [0.4, 0.5) is 0 Å². The first-order valence-electron chi connectivity index (χ1n) is 8.37. The Balaban J connectivity index is 1.59. The summed E-state index contributed by atoms with van der Waals surface area (Å²) in [6.07, 6.45) is 0.992. The molecule has 130 valence electrons. The monoisotopic (exact) mass is 354 g/mol. The summed E-state index contributed by atoms with van der Waals surface area (Å²) in [5.74, 6) is 1.74. The summed E-state index contributed by atoms with van der Waals surface area (Å²) in [4.78, 5) is 8.59. The molecular formula is C20H22N2O2S. The lowest BCUT2D eigenvalue weighted by Crippen LogP contribution is -2.20. The van der Waals surface area contributed by atoms with Crippen molar-refractivity contribution >= 4 is 22.7 Å². The molecule has 1 aromatic heterocycles. The highest BCUT2D eigenvalue weighted by Gasteiger charge is 2.12. The molecule has 3 aromatic rings. The van der Waals surface area contributed by atoms with Crippen LogP contribution in [0.15, 0.2) is 59.9 Å². The van der Waals surface area contributed by atoms with Gasteiger partial charge < -0.3 is 9.84 Å². The van der Waals surface area contributed by atoms with Gasteiger partial charge in [-0.05, 0) is 23.6 Å². The van der Waals surface area contributed by atoms with Crippen LogP contribution in [0.3, 0.4) is 0 Å². The van der Waals surface area contributed by atoms with E-state index in [4.69, 9.17) is 4.74 Å². The van der Waals surface area contributed by atoms with Gasteiger partial charge in [0.2, 0.25) is 0 Å². The highest BCUT2D eigenvalue weighted by molar-refractivity contribution is 7.99. The number of aliphatic hydroxyl groups excluding tert-OH is 1. The van der Waals surface area contributed by atoms with Gasteiger partial charge in [-0.2, -0.15) is 0 Å². The largest absolute Gasteiger partial charge is 0.491 e. The molecule has 2 aromatic carbocycles. The third-order valence-corrected chi connectivity index (χ3v) is 5.04. The lowest BCUT2D eigenvalue weighted by molar-refractivity contribution is 0.125. The number of benzene rings is 2. The van der Waals surface area contributed by atoms with Gasteiger partial charge in [0.1, 0.15) is 23.7 Å². The van der Waals surface area contributed by atoms with Crippen LogP contribution in [-0.4, -0.2) is 33.5 Å². The summed E-state index contributed by atoms with van der Waals surface area (Å²) >= 11 is 1.52. The van der Waals surface area contributed by atoms with Crippen LogP contribution in [-0.2, 0) is 0 Å². The van der Waals surface area contributed by atoms with E-state index in [1.165, 1.54) is 11.8 Å². The summed E-state index contributed by atoms with van der Waals surface area (Å²) in [6, 6.07) is 15.9. The summed E-state index contributed by atoms with van der Waals surface area (Å²) in [7, 11) is 0. The zero-order valence-corrected chi connectivity index (χ0v) is 15.2. The van der Waals surface area contributed by atoms with Gasteiger partial charge in [0.05, 0.1) is 11.6 Å². The smallest absolute Gasteiger partial charge is 0.122 e. The molecule has 0 saturated heterocycles. The number of ether oxygens (including phenoxy) is 1. The van der Waals surface area contributed by atoms with Crippen molar-refractivity contribution in [2.75, 3.05) is 12.4 Å². The minimum atomic E-state index is -0.570. The molecule has 0 unspecified atom stereocenters. The molecule has 0 spiro atoms. The molecule has 0 saturated carbocycles. The van der Waals surface area contributed by atoms with Crippen molar-refractivity contribution in [3.8, 4) is 5.75 Å². The van der Waals surface area contributed by atoms with E-state index in [-0.39, 0.29) is 6.61 Å². The molecular weight excluding hydrogens is 332 g/mol. The third-order valence-electron chi connectivity index (χ3n) is 3.89. The van der Waals surface area contributed by atoms with Crippen molar-refractivity contribution in [2.45, 2.75) is 30.9 Å². The fourth-order valence-corrected chi connectivity index (χ4v) is 3.49. The molecule has 3 rings (SSSR count). The standard InChI is InChI=1S/C20H22N2O2S/c1-14(2)16-7-4-6-10-19(16)24-11-15(23)12-25-20-17-8-3-5-9-18(17)21-13-22-20/h3-10,13-15,23H,11-12H2,1-2H3/t15-/m1/s1. The molecule has 0 aliphatic heterocycles. The summed E-state index contributed by atoms with van der Waals surface area (Å²) in [6.45, 7) is 4.53. The van der Waals surface area contributed by atoms with Crippen LogP contribution < -0.4 is 4.74 Å². The number of rotatable bonds is 7. The van der Waals surface area contributed by atoms with Crippen LogP contribution in [0.2, 0.25) is 0 Å². The molecule has 4 nitrogen and oxygen atoms in total. The Kier molecular flexibility index (Phi) is 5.89. The van der Waals surface area contributed by atoms with Crippen molar-refractivity contribution in [2.24, 2.45) is 0 Å². The van der Waals surface area contributed by atoms with E-state index >= 15 is 0 Å². The van der Waals surface area contributed by atoms with Crippen LogP contribution in [0.25, 0.3) is 10.9 Å². The normalized spacial score (nSPS) is 12.5. The van der Waals surface area contributed by atoms with Crippen molar-refractivity contribution in [1.82, 2.24) is 9.97 Å². The number of para-hydroxylation sites is 2. The number of thioether (sulfide) groups is 1. The summed E-state index contributed by atoms with van der Waals surface area (Å²) in [5.41, 5.74) is 2.07. The zero-order chi connectivity index (χ0) is 17.6. The Bertz CT molecular complexity index is 833. The van der Waals surface area contributed by atoms with Gasteiger partial charge in [-0.15, -0.1) is 11.8 Å². The predicted molar refractivity (Wildman–Crippen MR) is 102 cm³/mol. The Morgan fingerprint density at radius 1 is 1.04 bits per heavy atom. The van der Waals surface area contributed by atoms with Crippen LogP contribution >= 0.6 is 11.8 Å². The number of nitrogens with zero attached hydrogens (tertiary/aromatic N) is 2. The van der Waals surface area contributed by atoms with E-state index in [0.717, 1.165) is 27.2 Å². The summed E-state index contributed by atoms with van der Waals surface area (Å²) < 4.78 is 5.84. The van der Waals surface area contributed by atoms with Crippen molar-refractivity contribution < 1.29 is 9.84 Å². The minimum absolute atomic E-state index is 0.264. The van der Waals surface area contributed by atoms with E-state index < -0.39 is 6.10 Å². The second kappa shape index (κ2) is 8.32. The number of aliphatic hydroxyl groups is 1. The molecule has 0 aliphatic rings. The highest BCUT2D eigenvalue weighted by Crippen LogP contribution is 2.27. The molecule has 0 aliphatic carbocycles. The lowest BCUT2D eigenvalue weighted by Gasteiger charge is -2.16. The second-order valence-corrected chi connectivity index (χ2v) is 7.17. The maximum absolute atomic E-state index is 10.3. The van der Waals surface area contributed by atoms with Crippen LogP contribution in [0.1, 0.15) is 25.3 Å². The van der Waals surface area contributed by atoms with Crippen molar-refractivity contribution in [3.63, 3.8) is 0 Å². The molecule has 1 atom stereocenters. The second-order valence-electron chi connectivity index (χ2n) is 6.16. The molecule has 5 heteroatoms. The van der Waals surface area contributed by atoms with Crippen LogP contribution in [0.5, 0.6) is 5.75 Å². The number of aromatic nitrogens is 2. The molecule has 0 amide bonds. The van der Waals surface area contributed by atoms with E-state index in [0.29, 0.717) is 11.7 Å². The molecule has 0 radical (unpaired) electrons. The molecule has 0 bridgehead atoms. The fraction of sp³-hybridized carbons (Fsp3) is 0.300. The number of hydrogen-bond donors (Lipinski definition) is 1. The van der Waals surface area contributed by atoms with Gasteiger partial charge in [-0.25, -0.2) is 9.97 Å². The van der Waals surface area contributed by atoms with Gasteiger partial charge in [-0.3, -0.25) is 0 Å². The van der Waals surface area contributed by atoms with Gasteiger partial charge in [0.15, 0.2) is 0 Å². The predicted octanol–water partition coefficient (Wildman–Crippen LogP) is 4.29. The third kappa shape index (κ3) is 4.50. The quantitative estimate of drug-likeness (QED) is 0.507. The molecule has 1 heterocycles. The van der Waals surface area contributed by atoms with E-state index in [1.54, 1.807) is 6.33 Å². The maximum atomic E-state index is 10.3. The number of fused-ring (bicyclic) bond motifs is 1. The van der Waals surface area contributed by atoms with Gasteiger partial charge in [0.25, 0.3) is 0 Å². The maximum Gasteiger partial charge on any atom is 0.122 e. The molecule has 1 N–H and O–H groups in total. The summed E-state index contributed by atoms with van der Waals surface area (Å²) in [5, 5.41) is 12.2. The van der Waals surface area contributed by atoms with Crippen LogP contribution in [0, 0.1) is 0 Å². The minimum Gasteiger partial charge on any atom is -0.491 e. The molecule has 25 heavy (non-hydrogen) atoms. The van der Waals surface area contributed by atoms with Crippen molar-refractivity contribution in [3.05, 3.63) is 60.4 Å². The SMILES string of the molecule is CC(C)c1ccccc1OC[C@@H](O)CSc1ncnc2ccccc12. The van der Waals surface area contributed by atoms with Gasteiger partial charge in [-0.1, -0.05) is 50.2 Å². The van der Waals surface area contributed by atoms with Crippen molar-refractivity contribution in [1.29, 1.82) is 0 Å². The average molecular weight is 354 g/mol. The van der Waals surface area contributed by atoms with E-state index in [1.807, 2.05) is 42.5 Å². The highest BCUT2D eigenvalue weighted by atomic mass is 32.2. The first-order valence-corrected chi connectivity index (χ1v) is 9.36. The Morgan fingerprint density at radius 3 is 2.64 bits per heavy atom. The Hall–Kier alpha value is -2.11. The van der Waals surface area contributed by atoms with E-state index in [2.05, 4.69) is 29.9 Å². The number of hydrogen-bond acceptors (Lipinski definition) is 5. The first-order chi connectivity index (χ1) is 12.1. The topological polar surface area (TPSA) is 55.2 Å². The first kappa shape index (κ1) is 17.7. The van der Waals surface area contributed by atoms with E-state index in [9.17, 15) is 5.11 Å². The lowest BCUT2D eigenvalue weighted by atomic mass is 10.0. The Morgan fingerprint density at radius 2 is 1.80 bits per heavy atom. The van der Waals surface area contributed by atoms with Gasteiger partial charge >= 0.3 is 0 Å². The Labute approximate surface area is 152 Å². The van der Waals surface area contributed by atoms with Gasteiger partial charge in [0, 0.05) is 11.1 Å². The molecule has 0 fully saturated rings. The zero-order valence-electron chi connectivity index (χ0n) is 14.4.